The van der Waals surface area contributed by atoms with Crippen molar-refractivity contribution in [1.82, 2.24) is 0 Å². The number of unbranched alkanes of at least 4 members (excludes halogenated alkanes) is 1. The Bertz CT molecular complexity index is 712. The average Bonchev–Trinajstić information content (AvgIpc) is 2.67. The van der Waals surface area contributed by atoms with Crippen LogP contribution in [0.2, 0.25) is 0 Å². The minimum atomic E-state index is -0.410. The van der Waals surface area contributed by atoms with Crippen LogP contribution in [-0.4, -0.2) is 32.1 Å². The van der Waals surface area contributed by atoms with E-state index >= 15 is 0 Å². The van der Waals surface area contributed by atoms with Crippen LogP contribution in [0.4, 0.5) is 11.4 Å². The number of hydrogen-bond donors (Lipinski definition) is 2. The Balaban J connectivity index is 1.78. The summed E-state index contributed by atoms with van der Waals surface area (Å²) in [6.45, 7) is 2.96. The number of amides is 1. The van der Waals surface area contributed by atoms with Crippen molar-refractivity contribution in [3.05, 3.63) is 54.1 Å². The van der Waals surface area contributed by atoms with Gasteiger partial charge >= 0.3 is 5.97 Å². The summed E-state index contributed by atoms with van der Waals surface area (Å²) in [5.41, 5.74) is 1.89. The Kier molecular flexibility index (Phi) is 7.49. The summed E-state index contributed by atoms with van der Waals surface area (Å²) in [6, 6.07) is 14.0. The minimum absolute atomic E-state index is 0.134. The standard InChI is InChI=1S/C20H24N2O4/c1-3-4-13-26-18-11-9-16(10-12-18)21-14-19(23)22-17-7-5-15(6-8-17)20(24)25-2/h5-12,21H,3-4,13-14H2,1-2H3,(H,22,23). The van der Waals surface area contributed by atoms with Crippen molar-refractivity contribution in [1.29, 1.82) is 0 Å². The largest absolute Gasteiger partial charge is 0.494 e. The molecule has 0 spiro atoms. The van der Waals surface area contributed by atoms with Gasteiger partial charge in [-0.25, -0.2) is 4.79 Å². The highest BCUT2D eigenvalue weighted by atomic mass is 16.5. The van der Waals surface area contributed by atoms with Crippen LogP contribution >= 0.6 is 0 Å². The van der Waals surface area contributed by atoms with Crippen LogP contribution in [0.3, 0.4) is 0 Å². The van der Waals surface area contributed by atoms with E-state index in [1.165, 1.54) is 7.11 Å². The Morgan fingerprint density at radius 3 is 2.23 bits per heavy atom. The molecule has 2 N–H and O–H groups in total. The molecule has 0 aliphatic carbocycles. The molecule has 0 atom stereocenters. The lowest BCUT2D eigenvalue weighted by Gasteiger charge is -2.09. The van der Waals surface area contributed by atoms with Gasteiger partial charge in [0.15, 0.2) is 0 Å². The van der Waals surface area contributed by atoms with E-state index in [9.17, 15) is 9.59 Å². The summed E-state index contributed by atoms with van der Waals surface area (Å²) in [5.74, 6) is 0.227. The lowest BCUT2D eigenvalue weighted by atomic mass is 10.2. The Hall–Kier alpha value is -3.02. The molecule has 2 aromatic carbocycles. The van der Waals surface area contributed by atoms with Crippen LogP contribution < -0.4 is 15.4 Å². The SMILES string of the molecule is CCCCOc1ccc(NCC(=O)Nc2ccc(C(=O)OC)cc2)cc1. The number of ether oxygens (including phenoxy) is 2. The molecule has 6 heteroatoms. The highest BCUT2D eigenvalue weighted by Gasteiger charge is 2.06. The first kappa shape index (κ1) is 19.3. The molecule has 26 heavy (non-hydrogen) atoms. The van der Waals surface area contributed by atoms with Crippen LogP contribution in [0.5, 0.6) is 5.75 Å². The van der Waals surface area contributed by atoms with Gasteiger partial charge < -0.3 is 20.1 Å². The summed E-state index contributed by atoms with van der Waals surface area (Å²) in [4.78, 5) is 23.4. The summed E-state index contributed by atoms with van der Waals surface area (Å²) >= 11 is 0. The topological polar surface area (TPSA) is 76.7 Å². The molecule has 0 saturated heterocycles. The van der Waals surface area contributed by atoms with E-state index in [2.05, 4.69) is 22.3 Å². The van der Waals surface area contributed by atoms with Gasteiger partial charge in [0.25, 0.3) is 0 Å². The van der Waals surface area contributed by atoms with E-state index in [-0.39, 0.29) is 12.5 Å². The fraction of sp³-hybridized carbons (Fsp3) is 0.300. The van der Waals surface area contributed by atoms with Crippen molar-refractivity contribution in [2.24, 2.45) is 0 Å². The quantitative estimate of drug-likeness (QED) is 0.529. The number of methoxy groups -OCH3 is 1. The van der Waals surface area contributed by atoms with Gasteiger partial charge in [0, 0.05) is 11.4 Å². The summed E-state index contributed by atoms with van der Waals surface area (Å²) in [5, 5.41) is 5.82. The van der Waals surface area contributed by atoms with Gasteiger partial charge in [-0.15, -0.1) is 0 Å². The maximum atomic E-state index is 12.0. The maximum Gasteiger partial charge on any atom is 0.337 e. The van der Waals surface area contributed by atoms with Crippen molar-refractivity contribution < 1.29 is 19.1 Å². The molecule has 6 nitrogen and oxygen atoms in total. The molecule has 0 aromatic heterocycles. The van der Waals surface area contributed by atoms with Crippen LogP contribution in [-0.2, 0) is 9.53 Å². The summed E-state index contributed by atoms with van der Waals surface area (Å²) in [7, 11) is 1.33. The second-order valence-corrected chi connectivity index (χ2v) is 5.70. The molecule has 0 unspecified atom stereocenters. The second kappa shape index (κ2) is 10.1. The highest BCUT2D eigenvalue weighted by molar-refractivity contribution is 5.95. The van der Waals surface area contributed by atoms with E-state index in [4.69, 9.17) is 4.74 Å². The minimum Gasteiger partial charge on any atom is -0.494 e. The van der Waals surface area contributed by atoms with Gasteiger partial charge in [-0.1, -0.05) is 13.3 Å². The van der Waals surface area contributed by atoms with E-state index in [1.54, 1.807) is 24.3 Å². The highest BCUT2D eigenvalue weighted by Crippen LogP contribution is 2.16. The first-order valence-electron chi connectivity index (χ1n) is 8.57. The van der Waals surface area contributed by atoms with E-state index in [0.29, 0.717) is 17.9 Å². The third-order valence-corrected chi connectivity index (χ3v) is 3.66. The fourth-order valence-corrected chi connectivity index (χ4v) is 2.20. The Morgan fingerprint density at radius 2 is 1.62 bits per heavy atom. The lowest BCUT2D eigenvalue weighted by Crippen LogP contribution is -2.21. The van der Waals surface area contributed by atoms with Gasteiger partial charge in [0.2, 0.25) is 5.91 Å². The van der Waals surface area contributed by atoms with Crippen LogP contribution in [0.15, 0.2) is 48.5 Å². The smallest absolute Gasteiger partial charge is 0.337 e. The number of hydrogen-bond acceptors (Lipinski definition) is 5. The number of rotatable bonds is 9. The number of anilines is 2. The molecular formula is C20H24N2O4. The zero-order valence-corrected chi connectivity index (χ0v) is 15.1. The zero-order chi connectivity index (χ0) is 18.8. The van der Waals surface area contributed by atoms with Gasteiger partial charge in [0.05, 0.1) is 25.8 Å². The maximum absolute atomic E-state index is 12.0. The molecule has 0 heterocycles. The van der Waals surface area contributed by atoms with Crippen molar-refractivity contribution in [3.63, 3.8) is 0 Å². The molecule has 0 radical (unpaired) electrons. The molecule has 138 valence electrons. The van der Waals surface area contributed by atoms with Crippen molar-refractivity contribution >= 4 is 23.3 Å². The molecular weight excluding hydrogens is 332 g/mol. The van der Waals surface area contributed by atoms with E-state index in [0.717, 1.165) is 24.3 Å². The first-order chi connectivity index (χ1) is 12.6. The van der Waals surface area contributed by atoms with Crippen LogP contribution in [0.1, 0.15) is 30.1 Å². The van der Waals surface area contributed by atoms with Crippen molar-refractivity contribution in [3.8, 4) is 5.75 Å². The number of nitrogens with one attached hydrogen (secondary N) is 2. The third kappa shape index (κ3) is 6.12. The first-order valence-corrected chi connectivity index (χ1v) is 8.57. The molecule has 0 aliphatic rings. The van der Waals surface area contributed by atoms with Gasteiger partial charge in [0.1, 0.15) is 5.75 Å². The number of benzene rings is 2. The summed E-state index contributed by atoms with van der Waals surface area (Å²) < 4.78 is 10.2. The van der Waals surface area contributed by atoms with Crippen LogP contribution in [0, 0.1) is 0 Å². The van der Waals surface area contributed by atoms with Gasteiger partial charge in [-0.3, -0.25) is 4.79 Å². The normalized spacial score (nSPS) is 10.1. The number of carbonyl (C=O) groups excluding carboxylic acids is 2. The Labute approximate surface area is 153 Å². The second-order valence-electron chi connectivity index (χ2n) is 5.70. The molecule has 0 bridgehead atoms. The van der Waals surface area contributed by atoms with Crippen molar-refractivity contribution in [2.45, 2.75) is 19.8 Å². The summed E-state index contributed by atoms with van der Waals surface area (Å²) in [6.07, 6.45) is 2.13. The van der Waals surface area contributed by atoms with Gasteiger partial charge in [-0.05, 0) is 55.0 Å². The van der Waals surface area contributed by atoms with Crippen molar-refractivity contribution in [2.75, 3.05) is 30.9 Å². The molecule has 1 amide bonds. The number of esters is 1. The molecule has 2 aromatic rings. The lowest BCUT2D eigenvalue weighted by molar-refractivity contribution is -0.114. The van der Waals surface area contributed by atoms with Gasteiger partial charge in [-0.2, -0.15) is 0 Å². The molecule has 2 rings (SSSR count). The number of carbonyl (C=O) groups is 2. The predicted octanol–water partition coefficient (Wildman–Crippen LogP) is 3.70. The third-order valence-electron chi connectivity index (χ3n) is 3.66. The predicted molar refractivity (Wildman–Crippen MR) is 102 cm³/mol. The average molecular weight is 356 g/mol. The molecule has 0 saturated carbocycles. The van der Waals surface area contributed by atoms with E-state index in [1.807, 2.05) is 24.3 Å². The molecule has 0 fully saturated rings. The van der Waals surface area contributed by atoms with E-state index < -0.39 is 5.97 Å². The zero-order valence-electron chi connectivity index (χ0n) is 15.1. The van der Waals surface area contributed by atoms with Crippen LogP contribution in [0.25, 0.3) is 0 Å². The fourth-order valence-electron chi connectivity index (χ4n) is 2.20. The molecule has 0 aliphatic heterocycles. The Morgan fingerprint density at radius 1 is 0.962 bits per heavy atom. The monoisotopic (exact) mass is 356 g/mol.